The Kier molecular flexibility index (Phi) is 3.34. The first-order valence-electron chi connectivity index (χ1n) is 5.38. The summed E-state index contributed by atoms with van der Waals surface area (Å²) in [7, 11) is 0. The van der Waals surface area contributed by atoms with Crippen LogP contribution in [0.15, 0.2) is 5.38 Å². The average Bonchev–Trinajstić information content (AvgIpc) is 2.69. The maximum Gasteiger partial charge on any atom is 0.151 e. The minimum atomic E-state index is 0.555. The molecule has 1 atom stereocenters. The smallest absolute Gasteiger partial charge is 0.151 e. The molecule has 4 heteroatoms. The number of nitrogens with zero attached hydrogens (tertiary/aromatic N) is 3. The van der Waals surface area contributed by atoms with Crippen molar-refractivity contribution in [3.05, 3.63) is 16.1 Å². The molecule has 1 aliphatic heterocycles. The van der Waals surface area contributed by atoms with Crippen LogP contribution in [0.3, 0.4) is 0 Å². The van der Waals surface area contributed by atoms with Crippen molar-refractivity contribution in [1.29, 1.82) is 5.26 Å². The number of aromatic nitrogens is 1. The van der Waals surface area contributed by atoms with Crippen LogP contribution in [0.4, 0.5) is 0 Å². The molecular formula is C11H15N3S. The fourth-order valence-corrected chi connectivity index (χ4v) is 2.75. The van der Waals surface area contributed by atoms with Gasteiger partial charge in [0.2, 0.25) is 0 Å². The van der Waals surface area contributed by atoms with Crippen LogP contribution in [0.25, 0.3) is 0 Å². The summed E-state index contributed by atoms with van der Waals surface area (Å²) >= 11 is 1.59. The number of nitriles is 1. The Morgan fingerprint density at radius 3 is 3.20 bits per heavy atom. The summed E-state index contributed by atoms with van der Waals surface area (Å²) in [6.45, 7) is 4.36. The lowest BCUT2D eigenvalue weighted by Gasteiger charge is -2.32. The summed E-state index contributed by atoms with van der Waals surface area (Å²) in [6, 6.07) is 2.74. The monoisotopic (exact) mass is 221 g/mol. The Balaban J connectivity index is 1.98. The van der Waals surface area contributed by atoms with Crippen molar-refractivity contribution < 1.29 is 0 Å². The highest BCUT2D eigenvalue weighted by molar-refractivity contribution is 7.09. The Hall–Kier alpha value is -0.920. The van der Waals surface area contributed by atoms with E-state index >= 15 is 0 Å². The predicted octanol–water partition coefficient (Wildman–Crippen LogP) is 2.39. The Morgan fingerprint density at radius 1 is 1.67 bits per heavy atom. The number of hydrogen-bond donors (Lipinski definition) is 0. The third-order valence-electron chi connectivity index (χ3n) is 2.95. The van der Waals surface area contributed by atoms with E-state index in [0.717, 1.165) is 11.6 Å². The van der Waals surface area contributed by atoms with Crippen LogP contribution in [0.1, 0.15) is 36.9 Å². The van der Waals surface area contributed by atoms with Crippen molar-refractivity contribution in [3.8, 4) is 6.07 Å². The van der Waals surface area contributed by atoms with Gasteiger partial charge in [-0.1, -0.05) is 6.42 Å². The molecule has 2 rings (SSSR count). The molecule has 0 spiro atoms. The van der Waals surface area contributed by atoms with Gasteiger partial charge in [0.25, 0.3) is 0 Å². The van der Waals surface area contributed by atoms with Gasteiger partial charge in [0.1, 0.15) is 11.1 Å². The van der Waals surface area contributed by atoms with Crippen molar-refractivity contribution in [2.45, 2.75) is 38.8 Å². The summed E-state index contributed by atoms with van der Waals surface area (Å²) in [5, 5.41) is 11.6. The van der Waals surface area contributed by atoms with E-state index in [4.69, 9.17) is 5.26 Å². The molecule has 1 aromatic rings. The van der Waals surface area contributed by atoms with E-state index in [1.165, 1.54) is 25.8 Å². The van der Waals surface area contributed by atoms with Gasteiger partial charge in [-0.25, -0.2) is 4.98 Å². The zero-order chi connectivity index (χ0) is 10.7. The molecule has 1 fully saturated rings. The van der Waals surface area contributed by atoms with Gasteiger partial charge in [-0.3, -0.25) is 4.90 Å². The van der Waals surface area contributed by atoms with Crippen LogP contribution in [0, 0.1) is 11.3 Å². The average molecular weight is 221 g/mol. The maximum absolute atomic E-state index is 8.69. The lowest BCUT2D eigenvalue weighted by atomic mass is 10.0. The van der Waals surface area contributed by atoms with Gasteiger partial charge >= 0.3 is 0 Å². The minimum Gasteiger partial charge on any atom is -0.294 e. The van der Waals surface area contributed by atoms with Crippen LogP contribution < -0.4 is 0 Å². The standard InChI is InChI=1S/C11H15N3S/c1-9-4-2-3-5-14(9)7-11-13-10(6-12)8-15-11/h8-9H,2-5,7H2,1H3. The number of piperidine rings is 1. The van der Waals surface area contributed by atoms with Crippen molar-refractivity contribution in [2.24, 2.45) is 0 Å². The van der Waals surface area contributed by atoms with Crippen molar-refractivity contribution >= 4 is 11.3 Å². The highest BCUT2D eigenvalue weighted by Gasteiger charge is 2.19. The fraction of sp³-hybridized carbons (Fsp3) is 0.636. The summed E-state index contributed by atoms with van der Waals surface area (Å²) < 4.78 is 0. The molecule has 1 saturated heterocycles. The quantitative estimate of drug-likeness (QED) is 0.770. The highest BCUT2D eigenvalue weighted by Crippen LogP contribution is 2.20. The molecule has 1 unspecified atom stereocenters. The molecule has 0 amide bonds. The van der Waals surface area contributed by atoms with E-state index in [1.54, 1.807) is 11.3 Å². The molecule has 0 aliphatic carbocycles. The summed E-state index contributed by atoms with van der Waals surface area (Å²) in [5.41, 5.74) is 0.555. The first-order chi connectivity index (χ1) is 7.29. The van der Waals surface area contributed by atoms with Crippen LogP contribution in [0.5, 0.6) is 0 Å². The molecule has 15 heavy (non-hydrogen) atoms. The summed E-state index contributed by atoms with van der Waals surface area (Å²) in [5.74, 6) is 0. The van der Waals surface area contributed by atoms with Crippen molar-refractivity contribution in [2.75, 3.05) is 6.54 Å². The van der Waals surface area contributed by atoms with E-state index < -0.39 is 0 Å². The van der Waals surface area contributed by atoms with E-state index in [-0.39, 0.29) is 0 Å². The number of thiazole rings is 1. The molecule has 3 nitrogen and oxygen atoms in total. The molecule has 0 saturated carbocycles. The second-order valence-corrected chi connectivity index (χ2v) is 5.00. The highest BCUT2D eigenvalue weighted by atomic mass is 32.1. The van der Waals surface area contributed by atoms with Crippen LogP contribution in [-0.2, 0) is 6.54 Å². The SMILES string of the molecule is CC1CCCCN1Cc1nc(C#N)cs1. The first-order valence-corrected chi connectivity index (χ1v) is 6.26. The predicted molar refractivity (Wildman–Crippen MR) is 60.6 cm³/mol. The topological polar surface area (TPSA) is 39.9 Å². The van der Waals surface area contributed by atoms with E-state index in [0.29, 0.717) is 11.7 Å². The van der Waals surface area contributed by atoms with Gasteiger partial charge < -0.3 is 0 Å². The zero-order valence-corrected chi connectivity index (χ0v) is 9.76. The van der Waals surface area contributed by atoms with Crippen molar-refractivity contribution in [3.63, 3.8) is 0 Å². The third-order valence-corrected chi connectivity index (χ3v) is 3.78. The van der Waals surface area contributed by atoms with E-state index in [1.807, 2.05) is 5.38 Å². The lowest BCUT2D eigenvalue weighted by molar-refractivity contribution is 0.152. The van der Waals surface area contributed by atoms with Crippen LogP contribution in [0.2, 0.25) is 0 Å². The Labute approximate surface area is 94.4 Å². The minimum absolute atomic E-state index is 0.555. The molecule has 0 N–H and O–H groups in total. The van der Waals surface area contributed by atoms with Crippen LogP contribution in [-0.4, -0.2) is 22.5 Å². The third kappa shape index (κ3) is 2.55. The molecule has 0 bridgehead atoms. The number of rotatable bonds is 2. The van der Waals surface area contributed by atoms with E-state index in [2.05, 4.69) is 22.9 Å². The van der Waals surface area contributed by atoms with Gasteiger partial charge in [0.05, 0.1) is 6.54 Å². The molecule has 1 aromatic heterocycles. The molecule has 1 aliphatic rings. The normalized spacial score (nSPS) is 22.5. The fourth-order valence-electron chi connectivity index (χ4n) is 2.00. The lowest BCUT2D eigenvalue weighted by Crippen LogP contribution is -2.36. The zero-order valence-electron chi connectivity index (χ0n) is 8.94. The van der Waals surface area contributed by atoms with Gasteiger partial charge in [0.15, 0.2) is 5.69 Å². The summed E-state index contributed by atoms with van der Waals surface area (Å²) in [4.78, 5) is 6.73. The largest absolute Gasteiger partial charge is 0.294 e. The number of likely N-dealkylation sites (tertiary alicyclic amines) is 1. The Bertz CT molecular complexity index is 366. The molecular weight excluding hydrogens is 206 g/mol. The van der Waals surface area contributed by atoms with Gasteiger partial charge in [-0.05, 0) is 26.3 Å². The number of hydrogen-bond acceptors (Lipinski definition) is 4. The Morgan fingerprint density at radius 2 is 2.53 bits per heavy atom. The molecule has 0 radical (unpaired) electrons. The summed E-state index contributed by atoms with van der Waals surface area (Å²) in [6.07, 6.45) is 3.93. The molecule has 80 valence electrons. The molecule has 0 aromatic carbocycles. The van der Waals surface area contributed by atoms with Crippen LogP contribution >= 0.6 is 11.3 Å². The van der Waals surface area contributed by atoms with Crippen molar-refractivity contribution in [1.82, 2.24) is 9.88 Å². The molecule has 2 heterocycles. The van der Waals surface area contributed by atoms with Gasteiger partial charge in [0, 0.05) is 11.4 Å². The maximum atomic E-state index is 8.69. The van der Waals surface area contributed by atoms with Gasteiger partial charge in [-0.15, -0.1) is 11.3 Å². The van der Waals surface area contributed by atoms with Gasteiger partial charge in [-0.2, -0.15) is 5.26 Å². The van der Waals surface area contributed by atoms with E-state index in [9.17, 15) is 0 Å². The second kappa shape index (κ2) is 4.73. The second-order valence-electron chi connectivity index (χ2n) is 4.05. The first kappa shape index (κ1) is 10.6.